The SMILES string of the molecule is COc1cccc(/C=C2\NC(=O)NC2=O)n1. The molecule has 2 rings (SSSR count). The number of imide groups is 1. The Balaban J connectivity index is 2.28. The molecule has 1 aliphatic heterocycles. The summed E-state index contributed by atoms with van der Waals surface area (Å²) in [7, 11) is 1.50. The van der Waals surface area contributed by atoms with Crippen LogP contribution in [0, 0.1) is 0 Å². The van der Waals surface area contributed by atoms with Crippen LogP contribution < -0.4 is 15.4 Å². The van der Waals surface area contributed by atoms with Crippen molar-refractivity contribution < 1.29 is 14.3 Å². The number of methoxy groups -OCH3 is 1. The summed E-state index contributed by atoms with van der Waals surface area (Å²) in [6, 6.07) is 4.61. The second kappa shape index (κ2) is 4.01. The normalized spacial score (nSPS) is 17.2. The minimum Gasteiger partial charge on any atom is -0.481 e. The number of nitrogens with zero attached hydrogens (tertiary/aromatic N) is 1. The van der Waals surface area contributed by atoms with E-state index < -0.39 is 11.9 Å². The number of hydrogen-bond donors (Lipinski definition) is 2. The molecular weight excluding hydrogens is 210 g/mol. The Kier molecular flexibility index (Phi) is 2.55. The van der Waals surface area contributed by atoms with E-state index >= 15 is 0 Å². The molecule has 1 saturated heterocycles. The van der Waals surface area contributed by atoms with Crippen molar-refractivity contribution in [2.75, 3.05) is 7.11 Å². The predicted octanol–water partition coefficient (Wildman–Crippen LogP) is 0.270. The molecule has 0 radical (unpaired) electrons. The molecule has 16 heavy (non-hydrogen) atoms. The first-order valence-electron chi connectivity index (χ1n) is 4.54. The highest BCUT2D eigenvalue weighted by Crippen LogP contribution is 2.10. The van der Waals surface area contributed by atoms with Crippen LogP contribution in [0.4, 0.5) is 4.79 Å². The first-order chi connectivity index (χ1) is 7.69. The van der Waals surface area contributed by atoms with E-state index in [1.54, 1.807) is 18.2 Å². The maximum absolute atomic E-state index is 11.2. The van der Waals surface area contributed by atoms with Gasteiger partial charge in [0.15, 0.2) is 0 Å². The molecule has 1 aliphatic rings. The van der Waals surface area contributed by atoms with Crippen molar-refractivity contribution >= 4 is 18.0 Å². The fourth-order valence-electron chi connectivity index (χ4n) is 1.26. The lowest BCUT2D eigenvalue weighted by atomic mass is 10.3. The Morgan fingerprint density at radius 3 is 2.75 bits per heavy atom. The Hall–Kier alpha value is -2.37. The summed E-state index contributed by atoms with van der Waals surface area (Å²) < 4.78 is 4.94. The van der Waals surface area contributed by atoms with Gasteiger partial charge in [0.2, 0.25) is 5.88 Å². The first-order valence-corrected chi connectivity index (χ1v) is 4.54. The minimum atomic E-state index is -0.529. The van der Waals surface area contributed by atoms with E-state index in [4.69, 9.17) is 4.74 Å². The van der Waals surface area contributed by atoms with Crippen LogP contribution in [0.3, 0.4) is 0 Å². The van der Waals surface area contributed by atoms with Crippen molar-refractivity contribution in [3.63, 3.8) is 0 Å². The van der Waals surface area contributed by atoms with E-state index in [0.29, 0.717) is 11.6 Å². The third-order valence-electron chi connectivity index (χ3n) is 1.97. The molecule has 1 aromatic rings. The van der Waals surface area contributed by atoms with E-state index in [0.717, 1.165) is 0 Å². The van der Waals surface area contributed by atoms with Crippen LogP contribution in [-0.2, 0) is 4.79 Å². The Labute approximate surface area is 91.3 Å². The number of aromatic nitrogens is 1. The number of amides is 3. The zero-order valence-corrected chi connectivity index (χ0v) is 8.48. The topological polar surface area (TPSA) is 80.3 Å². The quantitative estimate of drug-likeness (QED) is 0.552. The predicted molar refractivity (Wildman–Crippen MR) is 55.4 cm³/mol. The zero-order valence-electron chi connectivity index (χ0n) is 8.48. The standard InChI is InChI=1S/C10H9N3O3/c1-16-8-4-2-3-6(11-8)5-7-9(14)13-10(15)12-7/h2-5H,1H3,(H2,12,13,14,15)/b7-5-. The molecule has 1 aromatic heterocycles. The van der Waals surface area contributed by atoms with Crippen molar-refractivity contribution in [1.82, 2.24) is 15.6 Å². The van der Waals surface area contributed by atoms with Crippen molar-refractivity contribution in [3.8, 4) is 5.88 Å². The first kappa shape index (κ1) is 10.2. The maximum Gasteiger partial charge on any atom is 0.326 e. The van der Waals surface area contributed by atoms with Gasteiger partial charge >= 0.3 is 6.03 Å². The van der Waals surface area contributed by atoms with Gasteiger partial charge in [-0.2, -0.15) is 0 Å². The molecule has 0 atom stereocenters. The van der Waals surface area contributed by atoms with Crippen LogP contribution in [0.25, 0.3) is 6.08 Å². The lowest BCUT2D eigenvalue weighted by Gasteiger charge is -1.99. The molecule has 0 bridgehead atoms. The average Bonchev–Trinajstić information content (AvgIpc) is 2.58. The highest BCUT2D eigenvalue weighted by atomic mass is 16.5. The van der Waals surface area contributed by atoms with E-state index in [2.05, 4.69) is 15.6 Å². The van der Waals surface area contributed by atoms with Gasteiger partial charge in [0.1, 0.15) is 5.70 Å². The number of rotatable bonds is 2. The molecule has 6 heteroatoms. The molecule has 0 spiro atoms. The number of pyridine rings is 1. The second-order valence-corrected chi connectivity index (χ2v) is 3.07. The van der Waals surface area contributed by atoms with Crippen molar-refractivity contribution in [3.05, 3.63) is 29.6 Å². The third-order valence-corrected chi connectivity index (χ3v) is 1.97. The van der Waals surface area contributed by atoms with Gasteiger partial charge in [-0.25, -0.2) is 9.78 Å². The van der Waals surface area contributed by atoms with Gasteiger partial charge in [-0.3, -0.25) is 10.1 Å². The van der Waals surface area contributed by atoms with E-state index in [1.807, 2.05) is 0 Å². The highest BCUT2D eigenvalue weighted by Gasteiger charge is 2.22. The monoisotopic (exact) mass is 219 g/mol. The zero-order chi connectivity index (χ0) is 11.5. The second-order valence-electron chi connectivity index (χ2n) is 3.07. The fourth-order valence-corrected chi connectivity index (χ4v) is 1.26. The summed E-state index contributed by atoms with van der Waals surface area (Å²) in [5.74, 6) is -0.0197. The number of ether oxygens (including phenoxy) is 1. The Morgan fingerprint density at radius 1 is 1.31 bits per heavy atom. The van der Waals surface area contributed by atoms with Crippen LogP contribution in [0.15, 0.2) is 23.9 Å². The van der Waals surface area contributed by atoms with E-state index in [-0.39, 0.29) is 5.70 Å². The number of carbonyl (C=O) groups is 2. The molecule has 6 nitrogen and oxygen atoms in total. The maximum atomic E-state index is 11.2. The van der Waals surface area contributed by atoms with Crippen molar-refractivity contribution in [2.24, 2.45) is 0 Å². The van der Waals surface area contributed by atoms with Gasteiger partial charge in [-0.05, 0) is 12.1 Å². The molecule has 0 saturated carbocycles. The van der Waals surface area contributed by atoms with Gasteiger partial charge in [-0.15, -0.1) is 0 Å². The molecule has 1 fully saturated rings. The van der Waals surface area contributed by atoms with Crippen LogP contribution in [0.1, 0.15) is 5.69 Å². The van der Waals surface area contributed by atoms with Crippen molar-refractivity contribution in [1.29, 1.82) is 0 Å². The van der Waals surface area contributed by atoms with Gasteiger partial charge in [0, 0.05) is 6.07 Å². The number of hydrogen-bond acceptors (Lipinski definition) is 4. The smallest absolute Gasteiger partial charge is 0.326 e. The summed E-state index contributed by atoms with van der Waals surface area (Å²) in [6.07, 6.45) is 1.47. The molecular formula is C10H9N3O3. The number of carbonyl (C=O) groups excluding carboxylic acids is 2. The molecule has 3 amide bonds. The lowest BCUT2D eigenvalue weighted by Crippen LogP contribution is -2.22. The lowest BCUT2D eigenvalue weighted by molar-refractivity contribution is -0.115. The molecule has 2 heterocycles. The fraction of sp³-hybridized carbons (Fsp3) is 0.100. The van der Waals surface area contributed by atoms with Crippen LogP contribution in [0.5, 0.6) is 5.88 Å². The summed E-state index contributed by atoms with van der Waals surface area (Å²) in [5, 5.41) is 4.47. The third kappa shape index (κ3) is 2.00. The van der Waals surface area contributed by atoms with Crippen molar-refractivity contribution in [2.45, 2.75) is 0 Å². The summed E-state index contributed by atoms with van der Waals surface area (Å²) >= 11 is 0. The van der Waals surface area contributed by atoms with Gasteiger partial charge in [-0.1, -0.05) is 6.07 Å². The van der Waals surface area contributed by atoms with Crippen LogP contribution in [-0.4, -0.2) is 24.0 Å². The van der Waals surface area contributed by atoms with Gasteiger partial charge in [0.25, 0.3) is 5.91 Å². The van der Waals surface area contributed by atoms with E-state index in [1.165, 1.54) is 13.2 Å². The Bertz CT molecular complexity index is 482. The average molecular weight is 219 g/mol. The summed E-state index contributed by atoms with van der Waals surface area (Å²) in [4.78, 5) is 26.2. The highest BCUT2D eigenvalue weighted by molar-refractivity contribution is 6.13. The summed E-state index contributed by atoms with van der Waals surface area (Å²) in [6.45, 7) is 0. The summed E-state index contributed by atoms with van der Waals surface area (Å²) in [5.41, 5.74) is 0.706. The van der Waals surface area contributed by atoms with Crippen LogP contribution >= 0.6 is 0 Å². The van der Waals surface area contributed by atoms with Crippen LogP contribution in [0.2, 0.25) is 0 Å². The molecule has 0 unspecified atom stereocenters. The van der Waals surface area contributed by atoms with Gasteiger partial charge < -0.3 is 10.1 Å². The number of urea groups is 1. The molecule has 2 N–H and O–H groups in total. The molecule has 82 valence electrons. The van der Waals surface area contributed by atoms with Gasteiger partial charge in [0.05, 0.1) is 12.8 Å². The largest absolute Gasteiger partial charge is 0.481 e. The molecule has 0 aromatic carbocycles. The van der Waals surface area contributed by atoms with E-state index in [9.17, 15) is 9.59 Å². The number of nitrogens with one attached hydrogen (secondary N) is 2. The molecule has 0 aliphatic carbocycles. The minimum absolute atomic E-state index is 0.172. The Morgan fingerprint density at radius 2 is 2.12 bits per heavy atom.